The molecule has 7 heteroatoms. The Kier molecular flexibility index (Phi) is 4.58. The Morgan fingerprint density at radius 3 is 2.69 bits per heavy atom. The average Bonchev–Trinajstić information content (AvgIpc) is 3.32. The van der Waals surface area contributed by atoms with E-state index < -0.39 is 0 Å². The van der Waals surface area contributed by atoms with Crippen molar-refractivity contribution in [2.75, 3.05) is 11.9 Å². The molecule has 1 aromatic heterocycles. The van der Waals surface area contributed by atoms with Crippen LogP contribution in [0.15, 0.2) is 59.1 Å². The molecule has 1 aliphatic rings. The highest BCUT2D eigenvalue weighted by atomic mass is 35.5. The smallest absolute Gasteiger partial charge is 0.322 e. The first-order valence-corrected chi connectivity index (χ1v) is 8.81. The van der Waals surface area contributed by atoms with Crippen LogP contribution in [0.4, 0.5) is 10.5 Å². The summed E-state index contributed by atoms with van der Waals surface area (Å²) in [5.74, 6) is 0.947. The van der Waals surface area contributed by atoms with Gasteiger partial charge in [-0.05, 0) is 49.2 Å². The predicted molar refractivity (Wildman–Crippen MR) is 98.9 cm³/mol. The normalized spacial score (nSPS) is 16.7. The van der Waals surface area contributed by atoms with E-state index in [1.54, 1.807) is 17.0 Å². The van der Waals surface area contributed by atoms with Crippen molar-refractivity contribution in [3.05, 3.63) is 65.5 Å². The number of hydrogen-bond acceptors (Lipinski definition) is 4. The molecule has 132 valence electrons. The van der Waals surface area contributed by atoms with Crippen molar-refractivity contribution < 1.29 is 9.32 Å². The van der Waals surface area contributed by atoms with Crippen molar-refractivity contribution >= 4 is 23.3 Å². The van der Waals surface area contributed by atoms with E-state index in [4.69, 9.17) is 16.1 Å². The SMILES string of the molecule is O=C(Nc1ccccc1)N1CCC[C@H]1c1nc(-c2ccc(Cl)cc2)no1. The van der Waals surface area contributed by atoms with Crippen molar-refractivity contribution in [1.29, 1.82) is 0 Å². The summed E-state index contributed by atoms with van der Waals surface area (Å²) in [5.41, 5.74) is 1.58. The third kappa shape index (κ3) is 3.41. The number of likely N-dealkylation sites (tertiary alicyclic amines) is 1. The maximum Gasteiger partial charge on any atom is 0.322 e. The Hall–Kier alpha value is -2.86. The predicted octanol–water partition coefficient (Wildman–Crippen LogP) is 4.76. The maximum absolute atomic E-state index is 12.6. The molecule has 1 N–H and O–H groups in total. The summed E-state index contributed by atoms with van der Waals surface area (Å²) in [4.78, 5) is 18.9. The second-order valence-corrected chi connectivity index (χ2v) is 6.55. The molecule has 4 rings (SSSR count). The summed E-state index contributed by atoms with van der Waals surface area (Å²) < 4.78 is 5.45. The monoisotopic (exact) mass is 368 g/mol. The fourth-order valence-corrected chi connectivity index (χ4v) is 3.20. The highest BCUT2D eigenvalue weighted by Gasteiger charge is 2.34. The molecule has 0 saturated carbocycles. The first kappa shape index (κ1) is 16.6. The number of anilines is 1. The Morgan fingerprint density at radius 2 is 1.92 bits per heavy atom. The first-order valence-electron chi connectivity index (χ1n) is 8.43. The molecule has 2 aromatic carbocycles. The van der Waals surface area contributed by atoms with E-state index in [-0.39, 0.29) is 12.1 Å². The number of nitrogens with one attached hydrogen (secondary N) is 1. The molecule has 2 amide bonds. The van der Waals surface area contributed by atoms with Gasteiger partial charge in [0.1, 0.15) is 6.04 Å². The second-order valence-electron chi connectivity index (χ2n) is 6.11. The van der Waals surface area contributed by atoms with Crippen LogP contribution in [0.3, 0.4) is 0 Å². The minimum absolute atomic E-state index is 0.162. The van der Waals surface area contributed by atoms with Crippen LogP contribution < -0.4 is 5.32 Å². The summed E-state index contributed by atoms with van der Waals surface area (Å²) in [5, 5.41) is 7.61. The Morgan fingerprint density at radius 1 is 1.15 bits per heavy atom. The van der Waals surface area contributed by atoms with Gasteiger partial charge in [0, 0.05) is 22.8 Å². The van der Waals surface area contributed by atoms with E-state index in [1.807, 2.05) is 42.5 Å². The van der Waals surface area contributed by atoms with Gasteiger partial charge in [0.15, 0.2) is 0 Å². The maximum atomic E-state index is 12.6. The lowest BCUT2D eigenvalue weighted by atomic mass is 10.2. The van der Waals surface area contributed by atoms with Crippen LogP contribution in [0, 0.1) is 0 Å². The number of para-hydroxylation sites is 1. The van der Waals surface area contributed by atoms with Crippen LogP contribution in [-0.2, 0) is 0 Å². The van der Waals surface area contributed by atoms with Crippen molar-refractivity contribution in [2.24, 2.45) is 0 Å². The average molecular weight is 369 g/mol. The van der Waals surface area contributed by atoms with E-state index in [0.717, 1.165) is 24.1 Å². The number of benzene rings is 2. The van der Waals surface area contributed by atoms with Gasteiger partial charge >= 0.3 is 6.03 Å². The molecule has 0 spiro atoms. The standard InChI is InChI=1S/C19H17ClN4O2/c20-14-10-8-13(9-11-14)17-22-18(26-23-17)16-7-4-12-24(16)19(25)21-15-5-2-1-3-6-15/h1-3,5-6,8-11,16H,4,7,12H2,(H,21,25)/t16-/m0/s1. The number of carbonyl (C=O) groups is 1. The second kappa shape index (κ2) is 7.17. The number of carbonyl (C=O) groups excluding carboxylic acids is 1. The van der Waals surface area contributed by atoms with Crippen LogP contribution >= 0.6 is 11.6 Å². The van der Waals surface area contributed by atoms with E-state index in [1.165, 1.54) is 0 Å². The molecule has 3 aromatic rings. The van der Waals surface area contributed by atoms with Crippen LogP contribution in [0.5, 0.6) is 0 Å². The zero-order valence-electron chi connectivity index (χ0n) is 13.9. The molecule has 6 nitrogen and oxygen atoms in total. The van der Waals surface area contributed by atoms with E-state index in [2.05, 4.69) is 15.5 Å². The van der Waals surface area contributed by atoms with Gasteiger partial charge in [-0.25, -0.2) is 4.79 Å². The molecule has 1 atom stereocenters. The quantitative estimate of drug-likeness (QED) is 0.723. The minimum Gasteiger partial charge on any atom is -0.337 e. The molecule has 1 fully saturated rings. The van der Waals surface area contributed by atoms with Gasteiger partial charge in [0.2, 0.25) is 11.7 Å². The lowest BCUT2D eigenvalue weighted by Crippen LogP contribution is -2.34. The Bertz CT molecular complexity index is 895. The number of aromatic nitrogens is 2. The first-order chi connectivity index (χ1) is 12.7. The van der Waals surface area contributed by atoms with E-state index in [0.29, 0.717) is 23.3 Å². The summed E-state index contributed by atoms with van der Waals surface area (Å²) in [6.07, 6.45) is 1.69. The number of hydrogen-bond donors (Lipinski definition) is 1. The number of nitrogens with zero attached hydrogens (tertiary/aromatic N) is 3. The molecule has 0 aliphatic carbocycles. The lowest BCUT2D eigenvalue weighted by Gasteiger charge is -2.22. The van der Waals surface area contributed by atoms with Crippen molar-refractivity contribution in [1.82, 2.24) is 15.0 Å². The number of halogens is 1. The topological polar surface area (TPSA) is 71.3 Å². The van der Waals surface area contributed by atoms with E-state index in [9.17, 15) is 4.79 Å². The largest absolute Gasteiger partial charge is 0.337 e. The highest BCUT2D eigenvalue weighted by molar-refractivity contribution is 6.30. The van der Waals surface area contributed by atoms with Crippen LogP contribution in [0.1, 0.15) is 24.8 Å². The zero-order valence-corrected chi connectivity index (χ0v) is 14.7. The molecule has 1 saturated heterocycles. The van der Waals surface area contributed by atoms with Crippen LogP contribution in [0.2, 0.25) is 5.02 Å². The summed E-state index contributed by atoms with van der Waals surface area (Å²) >= 11 is 5.91. The molecular weight excluding hydrogens is 352 g/mol. The molecule has 1 aliphatic heterocycles. The Balaban J connectivity index is 1.51. The third-order valence-corrected chi connectivity index (χ3v) is 4.62. The van der Waals surface area contributed by atoms with Crippen LogP contribution in [-0.4, -0.2) is 27.6 Å². The van der Waals surface area contributed by atoms with Gasteiger partial charge in [0.25, 0.3) is 0 Å². The number of rotatable bonds is 3. The summed E-state index contributed by atoms with van der Waals surface area (Å²) in [6, 6.07) is 16.2. The van der Waals surface area contributed by atoms with Gasteiger partial charge in [-0.1, -0.05) is 35.0 Å². The molecular formula is C19H17ClN4O2. The van der Waals surface area contributed by atoms with Crippen LogP contribution in [0.25, 0.3) is 11.4 Å². The van der Waals surface area contributed by atoms with Crippen molar-refractivity contribution in [2.45, 2.75) is 18.9 Å². The lowest BCUT2D eigenvalue weighted by molar-refractivity contribution is 0.193. The van der Waals surface area contributed by atoms with Gasteiger partial charge in [-0.3, -0.25) is 0 Å². The molecule has 0 radical (unpaired) electrons. The molecule has 26 heavy (non-hydrogen) atoms. The molecule has 2 heterocycles. The highest BCUT2D eigenvalue weighted by Crippen LogP contribution is 2.32. The van der Waals surface area contributed by atoms with Crippen molar-refractivity contribution in [3.63, 3.8) is 0 Å². The molecule has 0 bridgehead atoms. The molecule has 0 unspecified atom stereocenters. The summed E-state index contributed by atoms with van der Waals surface area (Å²) in [6.45, 7) is 0.655. The minimum atomic E-state index is -0.215. The fraction of sp³-hybridized carbons (Fsp3) is 0.211. The van der Waals surface area contributed by atoms with Gasteiger partial charge < -0.3 is 14.7 Å². The van der Waals surface area contributed by atoms with Gasteiger partial charge in [-0.2, -0.15) is 4.98 Å². The fourth-order valence-electron chi connectivity index (χ4n) is 3.07. The van der Waals surface area contributed by atoms with Gasteiger partial charge in [0.05, 0.1) is 0 Å². The summed E-state index contributed by atoms with van der Waals surface area (Å²) in [7, 11) is 0. The number of urea groups is 1. The van der Waals surface area contributed by atoms with Crippen molar-refractivity contribution in [3.8, 4) is 11.4 Å². The third-order valence-electron chi connectivity index (χ3n) is 4.37. The number of amides is 2. The van der Waals surface area contributed by atoms with E-state index >= 15 is 0 Å². The van der Waals surface area contributed by atoms with Gasteiger partial charge in [-0.15, -0.1) is 0 Å². The zero-order chi connectivity index (χ0) is 17.9. The Labute approximate surface area is 155 Å².